The summed E-state index contributed by atoms with van der Waals surface area (Å²) in [5.74, 6) is 1.87. The minimum absolute atomic E-state index is 0.0149. The minimum atomic E-state index is -0.220. The molecule has 3 aliphatic heterocycles. The third-order valence-electron chi connectivity index (χ3n) is 5.34. The summed E-state index contributed by atoms with van der Waals surface area (Å²) in [7, 11) is 3.28. The van der Waals surface area contributed by atoms with Crippen molar-refractivity contribution in [2.75, 3.05) is 37.8 Å². The van der Waals surface area contributed by atoms with Gasteiger partial charge in [0.1, 0.15) is 5.75 Å². The van der Waals surface area contributed by atoms with Crippen molar-refractivity contribution < 1.29 is 28.5 Å². The van der Waals surface area contributed by atoms with Crippen LogP contribution in [0.25, 0.3) is 0 Å². The highest BCUT2D eigenvalue weighted by Crippen LogP contribution is 2.48. The van der Waals surface area contributed by atoms with E-state index in [1.807, 2.05) is 18.2 Å². The van der Waals surface area contributed by atoms with Crippen LogP contribution in [0.1, 0.15) is 23.5 Å². The van der Waals surface area contributed by atoms with Gasteiger partial charge in [0.15, 0.2) is 18.1 Å². The molecule has 1 N–H and O–H groups in total. The predicted molar refractivity (Wildman–Crippen MR) is 99.6 cm³/mol. The van der Waals surface area contributed by atoms with Crippen molar-refractivity contribution in [2.45, 2.75) is 12.3 Å². The third-order valence-corrected chi connectivity index (χ3v) is 5.34. The van der Waals surface area contributed by atoms with Crippen molar-refractivity contribution in [1.29, 1.82) is 0 Å². The summed E-state index contributed by atoms with van der Waals surface area (Å²) in [6, 6.07) is 7.43. The van der Waals surface area contributed by atoms with Gasteiger partial charge < -0.3 is 29.2 Å². The lowest BCUT2D eigenvalue weighted by atomic mass is 9.84. The second kappa shape index (κ2) is 6.05. The first-order chi connectivity index (χ1) is 13.5. The Morgan fingerprint density at radius 2 is 1.96 bits per heavy atom. The van der Waals surface area contributed by atoms with Gasteiger partial charge >= 0.3 is 0 Å². The van der Waals surface area contributed by atoms with E-state index in [0.29, 0.717) is 34.4 Å². The molecule has 0 bridgehead atoms. The van der Waals surface area contributed by atoms with Gasteiger partial charge in [-0.2, -0.15) is 0 Å². The molecule has 0 radical (unpaired) electrons. The monoisotopic (exact) mass is 382 g/mol. The van der Waals surface area contributed by atoms with Gasteiger partial charge in [-0.1, -0.05) is 0 Å². The fourth-order valence-electron chi connectivity index (χ4n) is 3.87. The number of nitrogens with one attached hydrogen (secondary N) is 1. The van der Waals surface area contributed by atoms with Crippen LogP contribution < -0.4 is 29.2 Å². The lowest BCUT2D eigenvalue weighted by molar-refractivity contribution is -0.121. The van der Waals surface area contributed by atoms with Crippen LogP contribution in [-0.2, 0) is 9.59 Å². The molecule has 2 aromatic rings. The average molecular weight is 382 g/mol. The number of carbonyl (C=O) groups excluding carboxylic acids is 2. The Hall–Kier alpha value is -3.42. The van der Waals surface area contributed by atoms with E-state index in [9.17, 15) is 9.59 Å². The number of carbonyl (C=O) groups is 2. The zero-order chi connectivity index (χ0) is 19.4. The van der Waals surface area contributed by atoms with Crippen LogP contribution in [0.4, 0.5) is 11.4 Å². The van der Waals surface area contributed by atoms with Gasteiger partial charge in [-0.25, -0.2) is 0 Å². The Kier molecular flexibility index (Phi) is 3.61. The number of amides is 2. The molecular formula is C20H18N2O6. The van der Waals surface area contributed by atoms with Gasteiger partial charge in [0.25, 0.3) is 5.91 Å². The van der Waals surface area contributed by atoms with E-state index in [4.69, 9.17) is 18.9 Å². The molecule has 1 atom stereocenters. The van der Waals surface area contributed by atoms with Crippen LogP contribution in [0.2, 0.25) is 0 Å². The highest BCUT2D eigenvalue weighted by Gasteiger charge is 2.33. The molecule has 2 aromatic carbocycles. The smallest absolute Gasteiger partial charge is 0.264 e. The average Bonchev–Trinajstić information content (AvgIpc) is 3.17. The van der Waals surface area contributed by atoms with Gasteiger partial charge in [0.2, 0.25) is 18.4 Å². The molecule has 3 heterocycles. The molecule has 2 amide bonds. The maximum atomic E-state index is 12.4. The number of rotatable bonds is 2. The summed E-state index contributed by atoms with van der Waals surface area (Å²) in [6.45, 7) is 0.119. The van der Waals surface area contributed by atoms with Crippen LogP contribution in [0.5, 0.6) is 23.0 Å². The molecule has 1 unspecified atom stereocenters. The second-order valence-electron chi connectivity index (χ2n) is 6.91. The van der Waals surface area contributed by atoms with Gasteiger partial charge in [-0.05, 0) is 29.3 Å². The standard InChI is InChI=1S/C20H18N2O6/c1-22-14-5-12-11(10-3-16(25-2)20-17(4-10)27-9-28-20)6-18(23)21-13(12)7-15(14)26-8-19(22)24/h3-5,7,11H,6,8-9H2,1-2H3,(H,21,23). The minimum Gasteiger partial charge on any atom is -0.493 e. The highest BCUT2D eigenvalue weighted by molar-refractivity contribution is 6.00. The van der Waals surface area contributed by atoms with Crippen molar-refractivity contribution in [3.63, 3.8) is 0 Å². The predicted octanol–water partition coefficient (Wildman–Crippen LogP) is 2.25. The van der Waals surface area contributed by atoms with Crippen molar-refractivity contribution in [3.05, 3.63) is 35.4 Å². The van der Waals surface area contributed by atoms with Crippen molar-refractivity contribution in [1.82, 2.24) is 0 Å². The number of ether oxygens (including phenoxy) is 4. The number of benzene rings is 2. The lowest BCUT2D eigenvalue weighted by Gasteiger charge is -2.31. The van der Waals surface area contributed by atoms with E-state index in [-0.39, 0.29) is 37.6 Å². The van der Waals surface area contributed by atoms with E-state index in [1.54, 1.807) is 25.1 Å². The van der Waals surface area contributed by atoms with Crippen molar-refractivity contribution in [3.8, 4) is 23.0 Å². The number of methoxy groups -OCH3 is 1. The fourth-order valence-corrected chi connectivity index (χ4v) is 3.87. The number of hydrogen-bond acceptors (Lipinski definition) is 6. The van der Waals surface area contributed by atoms with E-state index in [1.165, 1.54) is 0 Å². The molecule has 0 fully saturated rings. The van der Waals surface area contributed by atoms with E-state index in [2.05, 4.69) is 5.32 Å². The Morgan fingerprint density at radius 1 is 1.11 bits per heavy atom. The Balaban J connectivity index is 1.65. The van der Waals surface area contributed by atoms with Gasteiger partial charge in [0.05, 0.1) is 12.8 Å². The van der Waals surface area contributed by atoms with Gasteiger partial charge in [0, 0.05) is 31.1 Å². The molecule has 0 aromatic heterocycles. The molecule has 3 aliphatic rings. The maximum absolute atomic E-state index is 12.4. The quantitative estimate of drug-likeness (QED) is 0.857. The Morgan fingerprint density at radius 3 is 2.79 bits per heavy atom. The molecule has 0 aliphatic carbocycles. The summed E-state index contributed by atoms with van der Waals surface area (Å²) in [6.07, 6.45) is 0.271. The second-order valence-corrected chi connectivity index (χ2v) is 6.91. The van der Waals surface area contributed by atoms with Gasteiger partial charge in [-0.3, -0.25) is 9.59 Å². The number of anilines is 2. The Labute approximate surface area is 160 Å². The maximum Gasteiger partial charge on any atom is 0.264 e. The molecule has 8 nitrogen and oxygen atoms in total. The molecule has 28 heavy (non-hydrogen) atoms. The number of likely N-dealkylation sites (N-methyl/N-ethyl adjacent to an activating group) is 1. The molecule has 0 saturated heterocycles. The molecule has 0 spiro atoms. The molecule has 144 valence electrons. The van der Waals surface area contributed by atoms with Crippen LogP contribution in [0, 0.1) is 0 Å². The van der Waals surface area contributed by atoms with Crippen molar-refractivity contribution >= 4 is 23.2 Å². The summed E-state index contributed by atoms with van der Waals surface area (Å²) in [5, 5.41) is 2.91. The zero-order valence-electron chi connectivity index (χ0n) is 15.4. The summed E-state index contributed by atoms with van der Waals surface area (Å²) < 4.78 is 22.0. The first-order valence-corrected chi connectivity index (χ1v) is 8.90. The molecule has 5 rings (SSSR count). The summed E-state index contributed by atoms with van der Waals surface area (Å²) >= 11 is 0. The summed E-state index contributed by atoms with van der Waals surface area (Å²) in [5.41, 5.74) is 3.15. The highest BCUT2D eigenvalue weighted by atomic mass is 16.7. The van der Waals surface area contributed by atoms with Crippen LogP contribution >= 0.6 is 0 Å². The largest absolute Gasteiger partial charge is 0.493 e. The van der Waals surface area contributed by atoms with E-state index < -0.39 is 0 Å². The summed E-state index contributed by atoms with van der Waals surface area (Å²) in [4.78, 5) is 26.0. The molecular weight excluding hydrogens is 364 g/mol. The van der Waals surface area contributed by atoms with Gasteiger partial charge in [-0.15, -0.1) is 0 Å². The topological polar surface area (TPSA) is 86.3 Å². The lowest BCUT2D eigenvalue weighted by Crippen LogP contribution is -2.36. The number of hydrogen-bond donors (Lipinski definition) is 1. The Bertz CT molecular complexity index is 1020. The SMILES string of the molecule is COc1cc(C2CC(=O)Nc3cc4c(cc32)N(C)C(=O)CO4)cc2c1OCO2. The molecule has 0 saturated carbocycles. The third kappa shape index (κ3) is 2.45. The van der Waals surface area contributed by atoms with Crippen LogP contribution in [-0.4, -0.2) is 39.4 Å². The number of nitrogens with zero attached hydrogens (tertiary/aromatic N) is 1. The normalized spacial score (nSPS) is 19.5. The fraction of sp³-hybridized carbons (Fsp3) is 0.300. The first-order valence-electron chi connectivity index (χ1n) is 8.90. The van der Waals surface area contributed by atoms with Crippen LogP contribution in [0.3, 0.4) is 0 Å². The van der Waals surface area contributed by atoms with Crippen molar-refractivity contribution in [2.24, 2.45) is 0 Å². The van der Waals surface area contributed by atoms with E-state index >= 15 is 0 Å². The zero-order valence-corrected chi connectivity index (χ0v) is 15.4. The molecule has 8 heteroatoms. The number of fused-ring (bicyclic) bond motifs is 3. The van der Waals surface area contributed by atoms with E-state index in [0.717, 1.165) is 11.1 Å². The van der Waals surface area contributed by atoms with Crippen LogP contribution in [0.15, 0.2) is 24.3 Å². The first kappa shape index (κ1) is 16.7.